The molecule has 3 aromatic rings. The summed E-state index contributed by atoms with van der Waals surface area (Å²) >= 11 is 0. The second kappa shape index (κ2) is 7.58. The second-order valence-electron chi connectivity index (χ2n) is 6.13. The molecule has 148 valence electrons. The molecule has 0 aliphatic carbocycles. The van der Waals surface area contributed by atoms with E-state index in [0.29, 0.717) is 5.56 Å². The molecule has 2 heterocycles. The highest BCUT2D eigenvalue weighted by molar-refractivity contribution is 5.95. The number of carbonyl (C=O) groups is 1. The third kappa shape index (κ3) is 3.72. The van der Waals surface area contributed by atoms with Crippen molar-refractivity contribution >= 4 is 11.7 Å². The van der Waals surface area contributed by atoms with Crippen molar-refractivity contribution in [3.63, 3.8) is 0 Å². The van der Waals surface area contributed by atoms with Gasteiger partial charge < -0.3 is 18.6 Å². The first kappa shape index (κ1) is 18.4. The molecule has 1 aromatic heterocycles. The lowest BCUT2D eigenvalue weighted by atomic mass is 10.1. The predicted molar refractivity (Wildman–Crippen MR) is 97.7 cm³/mol. The van der Waals surface area contributed by atoms with E-state index in [1.807, 2.05) is 18.2 Å². The highest BCUT2D eigenvalue weighted by Gasteiger charge is 2.29. The lowest BCUT2D eigenvalue weighted by Gasteiger charge is -2.19. The van der Waals surface area contributed by atoms with E-state index in [2.05, 4.69) is 10.2 Å². The molecule has 1 aliphatic rings. The van der Waals surface area contributed by atoms with Gasteiger partial charge in [0.2, 0.25) is 5.89 Å². The Morgan fingerprint density at radius 2 is 1.83 bits per heavy atom. The summed E-state index contributed by atoms with van der Waals surface area (Å²) < 4.78 is 21.6. The van der Waals surface area contributed by atoms with Crippen molar-refractivity contribution in [1.29, 1.82) is 0 Å². The molecule has 4 rings (SSSR count). The molecule has 0 amide bonds. The van der Waals surface area contributed by atoms with Crippen molar-refractivity contribution in [1.82, 2.24) is 10.2 Å². The molecule has 0 radical (unpaired) electrons. The number of carbonyl (C=O) groups excluding carboxylic acids is 1. The van der Waals surface area contributed by atoms with E-state index in [4.69, 9.17) is 18.6 Å². The van der Waals surface area contributed by atoms with Crippen molar-refractivity contribution in [3.8, 4) is 23.0 Å². The zero-order valence-electron chi connectivity index (χ0n) is 15.2. The summed E-state index contributed by atoms with van der Waals surface area (Å²) in [6.07, 6.45) is -0.916. The van der Waals surface area contributed by atoms with Gasteiger partial charge >= 0.3 is 5.97 Å². The number of fused-ring (bicyclic) bond motifs is 1. The Morgan fingerprint density at radius 1 is 1.14 bits per heavy atom. The summed E-state index contributed by atoms with van der Waals surface area (Å²) in [7, 11) is 0. The van der Waals surface area contributed by atoms with Crippen LogP contribution in [0.25, 0.3) is 11.5 Å². The van der Waals surface area contributed by atoms with E-state index in [1.54, 1.807) is 12.1 Å². The van der Waals surface area contributed by atoms with Crippen LogP contribution in [-0.2, 0) is 4.74 Å². The highest BCUT2D eigenvalue weighted by Crippen LogP contribution is 2.37. The molecular formula is C19H15N3O7. The minimum atomic E-state index is -0.916. The lowest BCUT2D eigenvalue weighted by Crippen LogP contribution is -2.17. The molecule has 0 bridgehead atoms. The fraction of sp³-hybridized carbons (Fsp3) is 0.211. The van der Waals surface area contributed by atoms with Crippen molar-refractivity contribution < 1.29 is 28.3 Å². The summed E-state index contributed by atoms with van der Waals surface area (Å²) in [5.74, 6) is -0.130. The van der Waals surface area contributed by atoms with Gasteiger partial charge in [0, 0.05) is 11.6 Å². The van der Waals surface area contributed by atoms with Crippen LogP contribution in [-0.4, -0.2) is 34.3 Å². The van der Waals surface area contributed by atoms with Gasteiger partial charge in [0.05, 0.1) is 11.0 Å². The maximum atomic E-state index is 12.6. The molecule has 0 unspecified atom stereocenters. The van der Waals surface area contributed by atoms with E-state index in [-0.39, 0.29) is 42.1 Å². The SMILES string of the molecule is C[C@H](OC(=O)c1cc2c(cc1[N+](=O)[O-])OCCO2)c1nnc(-c2ccccc2)o1. The van der Waals surface area contributed by atoms with Crippen LogP contribution in [0.1, 0.15) is 29.3 Å². The Labute approximate surface area is 164 Å². The van der Waals surface area contributed by atoms with Crippen molar-refractivity contribution in [2.45, 2.75) is 13.0 Å². The van der Waals surface area contributed by atoms with Gasteiger partial charge in [0.25, 0.3) is 11.6 Å². The number of aromatic nitrogens is 2. The quantitative estimate of drug-likeness (QED) is 0.362. The number of esters is 1. The maximum absolute atomic E-state index is 12.6. The molecule has 10 heteroatoms. The summed E-state index contributed by atoms with van der Waals surface area (Å²) in [6.45, 7) is 2.08. The smallest absolute Gasteiger partial charge is 0.346 e. The number of nitro benzene ring substituents is 1. The van der Waals surface area contributed by atoms with Gasteiger partial charge in [0.1, 0.15) is 18.8 Å². The van der Waals surface area contributed by atoms with Crippen molar-refractivity contribution in [3.05, 3.63) is 64.0 Å². The van der Waals surface area contributed by atoms with Gasteiger partial charge in [-0.1, -0.05) is 18.2 Å². The van der Waals surface area contributed by atoms with Crippen LogP contribution in [0.5, 0.6) is 11.5 Å². The molecule has 29 heavy (non-hydrogen) atoms. The molecule has 0 fully saturated rings. The normalized spacial score (nSPS) is 13.6. The molecule has 10 nitrogen and oxygen atoms in total. The van der Waals surface area contributed by atoms with Crippen LogP contribution in [0.3, 0.4) is 0 Å². The number of nitro groups is 1. The van der Waals surface area contributed by atoms with Gasteiger partial charge in [0.15, 0.2) is 17.6 Å². The first-order valence-corrected chi connectivity index (χ1v) is 8.71. The number of rotatable bonds is 5. The molecule has 0 saturated carbocycles. The van der Waals surface area contributed by atoms with E-state index in [0.717, 1.165) is 6.07 Å². The van der Waals surface area contributed by atoms with Crippen LogP contribution >= 0.6 is 0 Å². The Hall–Kier alpha value is -3.95. The maximum Gasteiger partial charge on any atom is 0.346 e. The van der Waals surface area contributed by atoms with Crippen LogP contribution < -0.4 is 9.47 Å². The van der Waals surface area contributed by atoms with Gasteiger partial charge in [-0.2, -0.15) is 0 Å². The summed E-state index contributed by atoms with van der Waals surface area (Å²) in [5, 5.41) is 19.2. The summed E-state index contributed by atoms with van der Waals surface area (Å²) in [6, 6.07) is 11.5. The average molecular weight is 397 g/mol. The van der Waals surface area contributed by atoms with Gasteiger partial charge in [-0.15, -0.1) is 10.2 Å². The molecule has 0 N–H and O–H groups in total. The average Bonchev–Trinajstić information content (AvgIpc) is 3.24. The standard InChI is InChI=1S/C19H15N3O7/c1-11(17-20-21-18(29-17)12-5-3-2-4-6-12)28-19(23)13-9-15-16(27-8-7-26-15)10-14(13)22(24)25/h2-6,9-11H,7-8H2,1H3/t11-/m0/s1. The van der Waals surface area contributed by atoms with Crippen LogP contribution in [0.2, 0.25) is 0 Å². The number of hydrogen-bond donors (Lipinski definition) is 0. The minimum Gasteiger partial charge on any atom is -0.486 e. The van der Waals surface area contributed by atoms with Crippen molar-refractivity contribution in [2.75, 3.05) is 13.2 Å². The number of benzene rings is 2. The predicted octanol–water partition coefficient (Wildman–Crippen LogP) is 3.33. The molecule has 2 aromatic carbocycles. The monoisotopic (exact) mass is 397 g/mol. The molecular weight excluding hydrogens is 382 g/mol. The Balaban J connectivity index is 1.56. The zero-order chi connectivity index (χ0) is 20.4. The third-order valence-electron chi connectivity index (χ3n) is 4.17. The number of nitrogens with zero attached hydrogens (tertiary/aromatic N) is 3. The first-order chi connectivity index (χ1) is 14.0. The number of ether oxygens (including phenoxy) is 3. The van der Waals surface area contributed by atoms with Crippen LogP contribution in [0, 0.1) is 10.1 Å². The van der Waals surface area contributed by atoms with Crippen LogP contribution in [0.4, 0.5) is 5.69 Å². The fourth-order valence-electron chi connectivity index (χ4n) is 2.76. The Kier molecular flexibility index (Phi) is 4.82. The summed E-state index contributed by atoms with van der Waals surface area (Å²) in [5.41, 5.74) is 0.0168. The van der Waals surface area contributed by atoms with E-state index in [1.165, 1.54) is 13.0 Å². The summed E-state index contributed by atoms with van der Waals surface area (Å²) in [4.78, 5) is 23.3. The van der Waals surface area contributed by atoms with Gasteiger partial charge in [-0.05, 0) is 19.1 Å². The van der Waals surface area contributed by atoms with Crippen LogP contribution in [0.15, 0.2) is 46.9 Å². The van der Waals surface area contributed by atoms with Crippen molar-refractivity contribution in [2.24, 2.45) is 0 Å². The zero-order valence-corrected chi connectivity index (χ0v) is 15.2. The second-order valence-corrected chi connectivity index (χ2v) is 6.13. The molecule has 0 spiro atoms. The topological polar surface area (TPSA) is 127 Å². The van der Waals surface area contributed by atoms with E-state index >= 15 is 0 Å². The largest absolute Gasteiger partial charge is 0.486 e. The Morgan fingerprint density at radius 3 is 2.52 bits per heavy atom. The van der Waals surface area contributed by atoms with Gasteiger partial charge in [-0.3, -0.25) is 10.1 Å². The van der Waals surface area contributed by atoms with E-state index < -0.39 is 22.7 Å². The lowest BCUT2D eigenvalue weighted by molar-refractivity contribution is -0.385. The third-order valence-corrected chi connectivity index (χ3v) is 4.17. The molecule has 1 atom stereocenters. The number of hydrogen-bond acceptors (Lipinski definition) is 9. The molecule has 1 aliphatic heterocycles. The Bertz CT molecular complexity index is 1060. The minimum absolute atomic E-state index is 0.0670. The first-order valence-electron chi connectivity index (χ1n) is 8.71. The fourth-order valence-corrected chi connectivity index (χ4v) is 2.76. The molecule has 0 saturated heterocycles. The van der Waals surface area contributed by atoms with Gasteiger partial charge in [-0.25, -0.2) is 4.79 Å². The highest BCUT2D eigenvalue weighted by atomic mass is 16.6. The van der Waals surface area contributed by atoms with E-state index in [9.17, 15) is 14.9 Å².